The van der Waals surface area contributed by atoms with Gasteiger partial charge in [0.25, 0.3) is 5.91 Å². The van der Waals surface area contributed by atoms with E-state index in [1.807, 2.05) is 68.4 Å². The molecule has 2 amide bonds. The fourth-order valence-electron chi connectivity index (χ4n) is 5.29. The van der Waals surface area contributed by atoms with Gasteiger partial charge in [-0.15, -0.1) is 0 Å². The van der Waals surface area contributed by atoms with Crippen LogP contribution in [0.1, 0.15) is 52.3 Å². The van der Waals surface area contributed by atoms with Gasteiger partial charge in [-0.3, -0.25) is 9.59 Å². The van der Waals surface area contributed by atoms with Crippen LogP contribution in [0, 0.1) is 13.8 Å². The van der Waals surface area contributed by atoms with E-state index in [2.05, 4.69) is 4.90 Å². The molecule has 1 aliphatic rings. The molecule has 8 heteroatoms. The van der Waals surface area contributed by atoms with Gasteiger partial charge in [-0.1, -0.05) is 30.7 Å². The molecular weight excluding hydrogens is 518 g/mol. The molecule has 4 rings (SSSR count). The molecule has 0 unspecified atom stereocenters. The molecule has 3 aromatic rings. The predicted molar refractivity (Wildman–Crippen MR) is 159 cm³/mol. The Morgan fingerprint density at radius 3 is 2.32 bits per heavy atom. The van der Waals surface area contributed by atoms with E-state index in [0.29, 0.717) is 48.9 Å². The lowest BCUT2D eigenvalue weighted by Gasteiger charge is -2.31. The molecule has 2 aromatic carbocycles. The maximum absolute atomic E-state index is 13.9. The average Bonchev–Trinajstić information content (AvgIpc) is 3.41. The number of amides is 2. The third-order valence-electron chi connectivity index (χ3n) is 7.74. The molecule has 220 valence electrons. The van der Waals surface area contributed by atoms with Crippen molar-refractivity contribution in [1.29, 1.82) is 0 Å². The van der Waals surface area contributed by atoms with Gasteiger partial charge in [0.1, 0.15) is 18.1 Å². The number of aryl methyl sites for hydroxylation is 2. The van der Waals surface area contributed by atoms with Crippen molar-refractivity contribution >= 4 is 11.8 Å². The molecular formula is C33H43N3O5. The second-order valence-corrected chi connectivity index (χ2v) is 10.7. The lowest BCUT2D eigenvalue weighted by atomic mass is 10.1. The maximum atomic E-state index is 13.9. The van der Waals surface area contributed by atoms with E-state index in [0.717, 1.165) is 36.5 Å². The minimum atomic E-state index is -0.111. The van der Waals surface area contributed by atoms with Gasteiger partial charge in [-0.05, 0) is 87.7 Å². The summed E-state index contributed by atoms with van der Waals surface area (Å²) in [5.74, 6) is 2.60. The molecule has 1 aliphatic heterocycles. The molecule has 0 atom stereocenters. The number of carbonyl (C=O) groups excluding carboxylic acids is 2. The summed E-state index contributed by atoms with van der Waals surface area (Å²) >= 11 is 0. The summed E-state index contributed by atoms with van der Waals surface area (Å²) in [7, 11) is 3.22. The number of methoxy groups -OCH3 is 2. The molecule has 1 aromatic heterocycles. The van der Waals surface area contributed by atoms with Crippen LogP contribution in [0.25, 0.3) is 0 Å². The number of furan rings is 1. The highest BCUT2D eigenvalue weighted by molar-refractivity contribution is 5.97. The summed E-state index contributed by atoms with van der Waals surface area (Å²) in [5, 5.41) is 0. The number of ether oxygens (including phenoxy) is 2. The summed E-state index contributed by atoms with van der Waals surface area (Å²) in [5.41, 5.74) is 2.57. The monoisotopic (exact) mass is 561 g/mol. The van der Waals surface area contributed by atoms with Gasteiger partial charge >= 0.3 is 0 Å². The topological polar surface area (TPSA) is 75.5 Å². The van der Waals surface area contributed by atoms with Crippen molar-refractivity contribution in [3.63, 3.8) is 0 Å². The minimum Gasteiger partial charge on any atom is -0.493 e. The van der Waals surface area contributed by atoms with Crippen LogP contribution < -0.4 is 9.47 Å². The fourth-order valence-corrected chi connectivity index (χ4v) is 5.29. The second-order valence-electron chi connectivity index (χ2n) is 10.7. The van der Waals surface area contributed by atoms with Gasteiger partial charge in [0.05, 0.1) is 20.8 Å². The van der Waals surface area contributed by atoms with Gasteiger partial charge < -0.3 is 28.6 Å². The van der Waals surface area contributed by atoms with Crippen molar-refractivity contribution in [2.75, 3.05) is 53.5 Å². The van der Waals surface area contributed by atoms with Crippen LogP contribution in [0.4, 0.5) is 0 Å². The molecule has 8 nitrogen and oxygen atoms in total. The highest BCUT2D eigenvalue weighted by Crippen LogP contribution is 2.28. The zero-order valence-corrected chi connectivity index (χ0v) is 24.9. The molecule has 0 N–H and O–H groups in total. The summed E-state index contributed by atoms with van der Waals surface area (Å²) in [6, 6.07) is 17.2. The van der Waals surface area contributed by atoms with Crippen molar-refractivity contribution in [3.8, 4) is 11.5 Å². The highest BCUT2D eigenvalue weighted by atomic mass is 16.5. The number of rotatable bonds is 13. The van der Waals surface area contributed by atoms with E-state index in [1.54, 1.807) is 24.0 Å². The first-order valence-corrected chi connectivity index (χ1v) is 14.5. The molecule has 1 saturated heterocycles. The van der Waals surface area contributed by atoms with Gasteiger partial charge in [-0.25, -0.2) is 0 Å². The van der Waals surface area contributed by atoms with Gasteiger partial charge in [-0.2, -0.15) is 0 Å². The molecule has 2 heterocycles. The van der Waals surface area contributed by atoms with E-state index in [1.165, 1.54) is 19.3 Å². The van der Waals surface area contributed by atoms with Crippen molar-refractivity contribution < 1.29 is 23.5 Å². The first kappa shape index (κ1) is 30.2. The van der Waals surface area contributed by atoms with E-state index < -0.39 is 0 Å². The number of piperidine rings is 1. The van der Waals surface area contributed by atoms with Crippen LogP contribution in [0.15, 0.2) is 59.0 Å². The Balaban J connectivity index is 1.53. The van der Waals surface area contributed by atoms with Crippen molar-refractivity contribution in [3.05, 3.63) is 82.8 Å². The molecule has 0 bridgehead atoms. The normalized spacial score (nSPS) is 13.6. The zero-order chi connectivity index (χ0) is 29.2. The Kier molecular flexibility index (Phi) is 10.8. The lowest BCUT2D eigenvalue weighted by Crippen LogP contribution is -2.46. The third-order valence-corrected chi connectivity index (χ3v) is 7.74. The molecule has 0 radical (unpaired) electrons. The predicted octanol–water partition coefficient (Wildman–Crippen LogP) is 5.11. The summed E-state index contributed by atoms with van der Waals surface area (Å²) in [6.45, 7) is 7.97. The molecule has 0 spiro atoms. The quantitative estimate of drug-likeness (QED) is 0.289. The fraction of sp³-hybridized carbons (Fsp3) is 0.455. The van der Waals surface area contributed by atoms with Crippen LogP contribution in [0.2, 0.25) is 0 Å². The Hall–Kier alpha value is -3.78. The van der Waals surface area contributed by atoms with E-state index >= 15 is 0 Å². The van der Waals surface area contributed by atoms with Crippen LogP contribution in [0.3, 0.4) is 0 Å². The molecule has 0 aliphatic carbocycles. The standard InChI is InChI=1S/C33H43N3O5/c1-25-10-6-7-11-29(25)33(38)36(21-20-34-17-8-5-9-18-34)24-32(37)35(23-28-14-12-26(2)41-28)19-16-27-13-15-30(39-3)31(22-27)40-4/h6-7,10-15,22H,5,8-9,16-21,23-24H2,1-4H3. The number of likely N-dealkylation sites (tertiary alicyclic amines) is 1. The Morgan fingerprint density at radius 2 is 1.63 bits per heavy atom. The van der Waals surface area contributed by atoms with Crippen molar-refractivity contribution in [1.82, 2.24) is 14.7 Å². The Bertz CT molecular complexity index is 1300. The molecule has 1 fully saturated rings. The summed E-state index contributed by atoms with van der Waals surface area (Å²) in [4.78, 5) is 33.6. The Labute approximate surface area is 243 Å². The number of hydrogen-bond acceptors (Lipinski definition) is 6. The minimum absolute atomic E-state index is 0.00658. The van der Waals surface area contributed by atoms with Crippen molar-refractivity contribution in [2.45, 2.75) is 46.1 Å². The van der Waals surface area contributed by atoms with Gasteiger partial charge in [0.15, 0.2) is 11.5 Å². The number of carbonyl (C=O) groups is 2. The average molecular weight is 562 g/mol. The SMILES string of the molecule is COc1ccc(CCN(Cc2ccc(C)o2)C(=O)CN(CCN2CCCCC2)C(=O)c2ccccc2C)cc1OC. The van der Waals surface area contributed by atoms with Crippen LogP contribution in [-0.2, 0) is 17.8 Å². The van der Waals surface area contributed by atoms with E-state index in [-0.39, 0.29) is 18.4 Å². The number of benzene rings is 2. The highest BCUT2D eigenvalue weighted by Gasteiger charge is 2.25. The lowest BCUT2D eigenvalue weighted by molar-refractivity contribution is -0.132. The second kappa shape index (κ2) is 14.7. The first-order chi connectivity index (χ1) is 19.9. The van der Waals surface area contributed by atoms with Crippen LogP contribution in [0.5, 0.6) is 11.5 Å². The number of nitrogens with zero attached hydrogens (tertiary/aromatic N) is 3. The first-order valence-electron chi connectivity index (χ1n) is 14.5. The zero-order valence-electron chi connectivity index (χ0n) is 24.9. The molecule has 0 saturated carbocycles. The Morgan fingerprint density at radius 1 is 0.878 bits per heavy atom. The summed E-state index contributed by atoms with van der Waals surface area (Å²) in [6.07, 6.45) is 4.22. The largest absolute Gasteiger partial charge is 0.493 e. The summed E-state index contributed by atoms with van der Waals surface area (Å²) < 4.78 is 16.7. The van der Waals surface area contributed by atoms with E-state index in [4.69, 9.17) is 13.9 Å². The third kappa shape index (κ3) is 8.36. The maximum Gasteiger partial charge on any atom is 0.254 e. The smallest absolute Gasteiger partial charge is 0.254 e. The van der Waals surface area contributed by atoms with Crippen LogP contribution in [-0.4, -0.2) is 80.0 Å². The van der Waals surface area contributed by atoms with Gasteiger partial charge in [0.2, 0.25) is 5.91 Å². The van der Waals surface area contributed by atoms with E-state index in [9.17, 15) is 9.59 Å². The van der Waals surface area contributed by atoms with Crippen LogP contribution >= 0.6 is 0 Å². The molecule has 41 heavy (non-hydrogen) atoms. The van der Waals surface area contributed by atoms with Gasteiger partial charge in [0, 0.05) is 25.2 Å². The van der Waals surface area contributed by atoms with Crippen molar-refractivity contribution in [2.24, 2.45) is 0 Å². The number of hydrogen-bond donors (Lipinski definition) is 0.